The number of carbonyl (C=O) groups excluding carboxylic acids is 1. The average molecular weight is 248 g/mol. The van der Waals surface area contributed by atoms with E-state index in [0.29, 0.717) is 24.9 Å². The molecule has 1 amide bonds. The standard InChI is InChI=1S/C14H20N2O2/c1-9-5-11(6-10(2)14(9)18)7-15-8-13(17)16-12-3-4-12/h5-6,12,15,18H,3-4,7-8H2,1-2H3,(H,16,17). The minimum absolute atomic E-state index is 0.0599. The van der Waals surface area contributed by atoms with Crippen molar-refractivity contribution in [1.82, 2.24) is 10.6 Å². The van der Waals surface area contributed by atoms with Crippen LogP contribution in [0.5, 0.6) is 5.75 Å². The summed E-state index contributed by atoms with van der Waals surface area (Å²) in [5.74, 6) is 0.412. The summed E-state index contributed by atoms with van der Waals surface area (Å²) in [4.78, 5) is 11.5. The van der Waals surface area contributed by atoms with Gasteiger partial charge in [0.05, 0.1) is 6.54 Å². The minimum Gasteiger partial charge on any atom is -0.507 e. The fourth-order valence-electron chi connectivity index (χ4n) is 1.97. The Labute approximate surface area is 107 Å². The maximum Gasteiger partial charge on any atom is 0.234 e. The molecule has 0 saturated heterocycles. The number of hydrogen-bond donors (Lipinski definition) is 3. The van der Waals surface area contributed by atoms with Crippen LogP contribution in [0.1, 0.15) is 29.5 Å². The third-order valence-electron chi connectivity index (χ3n) is 3.11. The van der Waals surface area contributed by atoms with Crippen molar-refractivity contribution in [1.29, 1.82) is 0 Å². The number of aromatic hydroxyl groups is 1. The molecule has 4 nitrogen and oxygen atoms in total. The van der Waals surface area contributed by atoms with Gasteiger partial charge in [-0.2, -0.15) is 0 Å². The van der Waals surface area contributed by atoms with Crippen LogP contribution >= 0.6 is 0 Å². The number of amides is 1. The molecular weight excluding hydrogens is 228 g/mol. The van der Waals surface area contributed by atoms with E-state index in [1.54, 1.807) is 0 Å². The molecule has 4 heteroatoms. The first-order valence-electron chi connectivity index (χ1n) is 6.35. The predicted octanol–water partition coefficient (Wildman–Crippen LogP) is 1.38. The molecule has 0 aliphatic heterocycles. The molecule has 0 aromatic heterocycles. The second-order valence-corrected chi connectivity index (χ2v) is 5.02. The van der Waals surface area contributed by atoms with Crippen molar-refractivity contribution in [2.75, 3.05) is 6.54 Å². The van der Waals surface area contributed by atoms with Gasteiger partial charge in [0.2, 0.25) is 5.91 Å². The smallest absolute Gasteiger partial charge is 0.234 e. The highest BCUT2D eigenvalue weighted by Gasteiger charge is 2.22. The Kier molecular flexibility index (Phi) is 3.87. The summed E-state index contributed by atoms with van der Waals surface area (Å²) < 4.78 is 0. The van der Waals surface area contributed by atoms with Crippen molar-refractivity contribution in [3.05, 3.63) is 28.8 Å². The highest BCUT2D eigenvalue weighted by molar-refractivity contribution is 5.78. The van der Waals surface area contributed by atoms with Gasteiger partial charge in [0.1, 0.15) is 5.75 Å². The Morgan fingerprint density at radius 3 is 2.50 bits per heavy atom. The molecule has 0 bridgehead atoms. The van der Waals surface area contributed by atoms with E-state index in [-0.39, 0.29) is 5.91 Å². The topological polar surface area (TPSA) is 61.4 Å². The van der Waals surface area contributed by atoms with Crippen molar-refractivity contribution in [2.24, 2.45) is 0 Å². The Morgan fingerprint density at radius 2 is 1.94 bits per heavy atom. The molecule has 1 fully saturated rings. The maximum atomic E-state index is 11.5. The molecule has 1 aliphatic carbocycles. The van der Waals surface area contributed by atoms with Gasteiger partial charge in [-0.1, -0.05) is 12.1 Å². The fraction of sp³-hybridized carbons (Fsp3) is 0.500. The van der Waals surface area contributed by atoms with Gasteiger partial charge in [0.25, 0.3) is 0 Å². The lowest BCUT2D eigenvalue weighted by molar-refractivity contribution is -0.120. The summed E-state index contributed by atoms with van der Waals surface area (Å²) in [5.41, 5.74) is 2.82. The van der Waals surface area contributed by atoms with Crippen LogP contribution in [0, 0.1) is 13.8 Å². The van der Waals surface area contributed by atoms with Gasteiger partial charge in [0, 0.05) is 12.6 Å². The zero-order chi connectivity index (χ0) is 13.1. The summed E-state index contributed by atoms with van der Waals surface area (Å²) in [6.45, 7) is 4.74. The Bertz CT molecular complexity index is 430. The van der Waals surface area contributed by atoms with Gasteiger partial charge in [-0.15, -0.1) is 0 Å². The second-order valence-electron chi connectivity index (χ2n) is 5.02. The van der Waals surface area contributed by atoms with Gasteiger partial charge < -0.3 is 15.7 Å². The zero-order valence-corrected chi connectivity index (χ0v) is 10.9. The van der Waals surface area contributed by atoms with Crippen LogP contribution < -0.4 is 10.6 Å². The lowest BCUT2D eigenvalue weighted by atomic mass is 10.1. The van der Waals surface area contributed by atoms with Crippen LogP contribution in [0.3, 0.4) is 0 Å². The molecule has 0 heterocycles. The normalized spacial score (nSPS) is 14.6. The van der Waals surface area contributed by atoms with Crippen LogP contribution in [0.2, 0.25) is 0 Å². The Morgan fingerprint density at radius 1 is 1.33 bits per heavy atom. The molecule has 1 aromatic rings. The molecule has 0 radical (unpaired) electrons. The third-order valence-corrected chi connectivity index (χ3v) is 3.11. The number of benzene rings is 1. The lowest BCUT2D eigenvalue weighted by Crippen LogP contribution is -2.34. The van der Waals surface area contributed by atoms with E-state index in [1.165, 1.54) is 0 Å². The highest BCUT2D eigenvalue weighted by Crippen LogP contribution is 2.22. The SMILES string of the molecule is Cc1cc(CNCC(=O)NC2CC2)cc(C)c1O. The van der Waals surface area contributed by atoms with E-state index >= 15 is 0 Å². The first-order valence-corrected chi connectivity index (χ1v) is 6.35. The van der Waals surface area contributed by atoms with Crippen molar-refractivity contribution < 1.29 is 9.90 Å². The van der Waals surface area contributed by atoms with Gasteiger partial charge in [-0.3, -0.25) is 4.79 Å². The van der Waals surface area contributed by atoms with Crippen LogP contribution in [0.4, 0.5) is 0 Å². The number of hydrogen-bond acceptors (Lipinski definition) is 3. The van der Waals surface area contributed by atoms with E-state index in [2.05, 4.69) is 10.6 Å². The predicted molar refractivity (Wildman–Crippen MR) is 70.5 cm³/mol. The summed E-state index contributed by atoms with van der Waals surface area (Å²) in [7, 11) is 0. The molecular formula is C14H20N2O2. The second kappa shape index (κ2) is 5.40. The van der Waals surface area contributed by atoms with Crippen LogP contribution in [0.15, 0.2) is 12.1 Å². The van der Waals surface area contributed by atoms with Crippen LogP contribution in [-0.2, 0) is 11.3 Å². The largest absolute Gasteiger partial charge is 0.507 e. The fourth-order valence-corrected chi connectivity index (χ4v) is 1.97. The van der Waals surface area contributed by atoms with Gasteiger partial charge in [-0.25, -0.2) is 0 Å². The maximum absolute atomic E-state index is 11.5. The molecule has 0 unspecified atom stereocenters. The van der Waals surface area contributed by atoms with Crippen molar-refractivity contribution in [3.8, 4) is 5.75 Å². The number of aryl methyl sites for hydroxylation is 2. The van der Waals surface area contributed by atoms with E-state index in [0.717, 1.165) is 29.5 Å². The van der Waals surface area contributed by atoms with E-state index in [1.807, 2.05) is 26.0 Å². The quantitative estimate of drug-likeness (QED) is 0.737. The molecule has 18 heavy (non-hydrogen) atoms. The van der Waals surface area contributed by atoms with Gasteiger partial charge in [-0.05, 0) is 43.4 Å². The highest BCUT2D eigenvalue weighted by atomic mass is 16.3. The first kappa shape index (κ1) is 12.9. The van der Waals surface area contributed by atoms with Crippen molar-refractivity contribution in [2.45, 2.75) is 39.3 Å². The molecule has 3 N–H and O–H groups in total. The summed E-state index contributed by atoms with van der Waals surface area (Å²) in [6.07, 6.45) is 2.23. The molecule has 0 atom stereocenters. The molecule has 1 aliphatic rings. The van der Waals surface area contributed by atoms with E-state index in [4.69, 9.17) is 0 Å². The lowest BCUT2D eigenvalue weighted by Gasteiger charge is -2.09. The number of carbonyl (C=O) groups is 1. The van der Waals surface area contributed by atoms with Gasteiger partial charge in [0.15, 0.2) is 0 Å². The van der Waals surface area contributed by atoms with Crippen molar-refractivity contribution >= 4 is 5.91 Å². The first-order chi connectivity index (χ1) is 8.56. The number of phenols is 1. The number of nitrogens with one attached hydrogen (secondary N) is 2. The zero-order valence-electron chi connectivity index (χ0n) is 10.9. The van der Waals surface area contributed by atoms with Crippen molar-refractivity contribution in [3.63, 3.8) is 0 Å². The molecule has 2 rings (SSSR count). The van der Waals surface area contributed by atoms with Crippen LogP contribution in [0.25, 0.3) is 0 Å². The molecule has 1 aromatic carbocycles. The third kappa shape index (κ3) is 3.47. The molecule has 0 spiro atoms. The summed E-state index contributed by atoms with van der Waals surface area (Å²) >= 11 is 0. The Balaban J connectivity index is 1.80. The van der Waals surface area contributed by atoms with E-state index in [9.17, 15) is 9.90 Å². The number of rotatable bonds is 5. The Hall–Kier alpha value is -1.55. The average Bonchev–Trinajstić information content (AvgIpc) is 3.09. The van der Waals surface area contributed by atoms with E-state index < -0.39 is 0 Å². The summed E-state index contributed by atoms with van der Waals surface area (Å²) in [6, 6.07) is 4.29. The van der Waals surface area contributed by atoms with Crippen LogP contribution in [-0.4, -0.2) is 23.6 Å². The van der Waals surface area contributed by atoms with Gasteiger partial charge >= 0.3 is 0 Å². The molecule has 98 valence electrons. The minimum atomic E-state index is 0.0599. The summed E-state index contributed by atoms with van der Waals surface area (Å²) in [5, 5.41) is 15.7. The molecule has 1 saturated carbocycles. The number of phenolic OH excluding ortho intramolecular Hbond substituents is 1. The monoisotopic (exact) mass is 248 g/mol.